The molecule has 0 aliphatic carbocycles. The van der Waals surface area contributed by atoms with Gasteiger partial charge in [-0.1, -0.05) is 13.8 Å². The molecule has 0 aliphatic rings. The lowest BCUT2D eigenvalue weighted by atomic mass is 9.94. The van der Waals surface area contributed by atoms with Crippen LogP contribution in [-0.4, -0.2) is 35.1 Å². The standard InChI is InChI=1S/C15H29N3O/c1-7-12-10-13(18(9-3)17-12)11-14(16-8-2)15(4,5)19-6/h10,14,16H,7-9,11H2,1-6H3. The van der Waals surface area contributed by atoms with E-state index in [-0.39, 0.29) is 11.6 Å². The van der Waals surface area contributed by atoms with Crippen molar-refractivity contribution >= 4 is 0 Å². The third-order valence-electron chi connectivity index (χ3n) is 3.80. The van der Waals surface area contributed by atoms with Crippen LogP contribution in [0.25, 0.3) is 0 Å². The van der Waals surface area contributed by atoms with Gasteiger partial charge in [0.15, 0.2) is 0 Å². The maximum Gasteiger partial charge on any atom is 0.0778 e. The van der Waals surface area contributed by atoms with Crippen LogP contribution in [0.3, 0.4) is 0 Å². The van der Waals surface area contributed by atoms with Crippen molar-refractivity contribution in [3.05, 3.63) is 17.5 Å². The Hall–Kier alpha value is -0.870. The summed E-state index contributed by atoms with van der Waals surface area (Å²) in [5, 5.41) is 8.15. The van der Waals surface area contributed by atoms with Gasteiger partial charge >= 0.3 is 0 Å². The molecule has 0 fully saturated rings. The number of likely N-dealkylation sites (N-methyl/N-ethyl adjacent to an activating group) is 1. The second kappa shape index (κ2) is 7.06. The van der Waals surface area contributed by atoms with Gasteiger partial charge in [-0.3, -0.25) is 4.68 Å². The van der Waals surface area contributed by atoms with Crippen LogP contribution in [-0.2, 0) is 24.1 Å². The number of hydrogen-bond donors (Lipinski definition) is 1. The first-order chi connectivity index (χ1) is 8.98. The molecule has 0 spiro atoms. The number of nitrogens with one attached hydrogen (secondary N) is 1. The Morgan fingerprint density at radius 3 is 2.53 bits per heavy atom. The third-order valence-corrected chi connectivity index (χ3v) is 3.80. The predicted octanol–water partition coefficient (Wildman–Crippen LogP) is 2.41. The zero-order chi connectivity index (χ0) is 14.5. The minimum atomic E-state index is -0.189. The van der Waals surface area contributed by atoms with E-state index in [0.717, 1.165) is 25.9 Å². The van der Waals surface area contributed by atoms with Gasteiger partial charge in [-0.15, -0.1) is 0 Å². The maximum absolute atomic E-state index is 5.64. The highest BCUT2D eigenvalue weighted by Gasteiger charge is 2.29. The second-order valence-corrected chi connectivity index (χ2v) is 5.42. The topological polar surface area (TPSA) is 39.1 Å². The van der Waals surface area contributed by atoms with Crippen LogP contribution >= 0.6 is 0 Å². The lowest BCUT2D eigenvalue weighted by molar-refractivity contribution is -0.0101. The molecular formula is C15H29N3O. The van der Waals surface area contributed by atoms with Gasteiger partial charge in [-0.25, -0.2) is 0 Å². The van der Waals surface area contributed by atoms with E-state index >= 15 is 0 Å². The molecule has 1 atom stereocenters. The molecule has 1 aromatic heterocycles. The second-order valence-electron chi connectivity index (χ2n) is 5.42. The molecule has 110 valence electrons. The van der Waals surface area contributed by atoms with E-state index < -0.39 is 0 Å². The molecular weight excluding hydrogens is 238 g/mol. The van der Waals surface area contributed by atoms with Crippen molar-refractivity contribution in [2.75, 3.05) is 13.7 Å². The first-order valence-corrected chi connectivity index (χ1v) is 7.32. The average molecular weight is 267 g/mol. The summed E-state index contributed by atoms with van der Waals surface area (Å²) >= 11 is 0. The largest absolute Gasteiger partial charge is 0.377 e. The molecule has 1 unspecified atom stereocenters. The van der Waals surface area contributed by atoms with Gasteiger partial charge in [0.1, 0.15) is 0 Å². The lowest BCUT2D eigenvalue weighted by Crippen LogP contribution is -2.49. The van der Waals surface area contributed by atoms with E-state index in [2.05, 4.69) is 55.8 Å². The first-order valence-electron chi connectivity index (χ1n) is 7.32. The summed E-state index contributed by atoms with van der Waals surface area (Å²) in [6.45, 7) is 12.5. The van der Waals surface area contributed by atoms with Crippen molar-refractivity contribution in [2.24, 2.45) is 0 Å². The Morgan fingerprint density at radius 1 is 1.37 bits per heavy atom. The highest BCUT2D eigenvalue weighted by atomic mass is 16.5. The fourth-order valence-corrected chi connectivity index (χ4v) is 2.29. The number of aryl methyl sites for hydroxylation is 2. The monoisotopic (exact) mass is 267 g/mol. The van der Waals surface area contributed by atoms with Crippen LogP contribution in [0, 0.1) is 0 Å². The summed E-state index contributed by atoms with van der Waals surface area (Å²) in [7, 11) is 1.78. The van der Waals surface area contributed by atoms with Crippen molar-refractivity contribution < 1.29 is 4.74 Å². The number of hydrogen-bond acceptors (Lipinski definition) is 3. The summed E-state index contributed by atoms with van der Waals surface area (Å²) in [6.07, 6.45) is 1.93. The van der Waals surface area contributed by atoms with Crippen molar-refractivity contribution in [1.82, 2.24) is 15.1 Å². The van der Waals surface area contributed by atoms with E-state index in [4.69, 9.17) is 4.74 Å². The Labute approximate surface area is 117 Å². The van der Waals surface area contributed by atoms with E-state index in [9.17, 15) is 0 Å². The summed E-state index contributed by atoms with van der Waals surface area (Å²) < 4.78 is 7.75. The first kappa shape index (κ1) is 16.2. The Kier molecular flexibility index (Phi) is 6.01. The van der Waals surface area contributed by atoms with Gasteiger partial charge in [-0.05, 0) is 39.8 Å². The molecule has 19 heavy (non-hydrogen) atoms. The molecule has 1 aromatic rings. The number of aromatic nitrogens is 2. The molecule has 4 nitrogen and oxygen atoms in total. The quantitative estimate of drug-likeness (QED) is 0.786. The van der Waals surface area contributed by atoms with Crippen molar-refractivity contribution in [1.29, 1.82) is 0 Å². The number of nitrogens with zero attached hydrogens (tertiary/aromatic N) is 2. The zero-order valence-electron chi connectivity index (χ0n) is 13.3. The lowest BCUT2D eigenvalue weighted by Gasteiger charge is -2.33. The van der Waals surface area contributed by atoms with E-state index in [1.165, 1.54) is 11.4 Å². The molecule has 0 saturated carbocycles. The third kappa shape index (κ3) is 4.05. The van der Waals surface area contributed by atoms with Gasteiger partial charge in [0, 0.05) is 31.8 Å². The maximum atomic E-state index is 5.64. The van der Waals surface area contributed by atoms with Gasteiger partial charge in [0.05, 0.1) is 11.3 Å². The summed E-state index contributed by atoms with van der Waals surface area (Å²) in [4.78, 5) is 0. The molecule has 0 aromatic carbocycles. The molecule has 0 amide bonds. The van der Waals surface area contributed by atoms with Crippen LogP contribution < -0.4 is 5.32 Å². The van der Waals surface area contributed by atoms with E-state index in [1.807, 2.05) is 0 Å². The average Bonchev–Trinajstić information content (AvgIpc) is 2.80. The SMILES string of the molecule is CCNC(Cc1cc(CC)nn1CC)C(C)(C)OC. The normalized spacial score (nSPS) is 13.8. The fourth-order valence-electron chi connectivity index (χ4n) is 2.29. The van der Waals surface area contributed by atoms with Gasteiger partial charge in [0.25, 0.3) is 0 Å². The van der Waals surface area contributed by atoms with E-state index in [1.54, 1.807) is 7.11 Å². The predicted molar refractivity (Wildman–Crippen MR) is 79.5 cm³/mol. The molecule has 1 rings (SSSR count). The molecule has 0 bridgehead atoms. The fraction of sp³-hybridized carbons (Fsp3) is 0.800. The van der Waals surface area contributed by atoms with Crippen LogP contribution in [0.2, 0.25) is 0 Å². The number of ether oxygens (including phenoxy) is 1. The van der Waals surface area contributed by atoms with Crippen molar-refractivity contribution in [3.8, 4) is 0 Å². The minimum Gasteiger partial charge on any atom is -0.377 e. The Morgan fingerprint density at radius 2 is 2.05 bits per heavy atom. The molecule has 1 N–H and O–H groups in total. The number of methoxy groups -OCH3 is 1. The van der Waals surface area contributed by atoms with Crippen LogP contribution in [0.1, 0.15) is 46.0 Å². The molecule has 4 heteroatoms. The Balaban J connectivity index is 2.92. The number of rotatable bonds is 8. The van der Waals surface area contributed by atoms with Crippen LogP contribution in [0.5, 0.6) is 0 Å². The van der Waals surface area contributed by atoms with E-state index in [0.29, 0.717) is 0 Å². The summed E-state index contributed by atoms with van der Waals surface area (Å²) in [5.74, 6) is 0. The van der Waals surface area contributed by atoms with Crippen LogP contribution in [0.4, 0.5) is 0 Å². The smallest absolute Gasteiger partial charge is 0.0778 e. The Bertz CT molecular complexity index is 385. The molecule has 0 aliphatic heterocycles. The van der Waals surface area contributed by atoms with Crippen LogP contribution in [0.15, 0.2) is 6.07 Å². The molecule has 0 saturated heterocycles. The van der Waals surface area contributed by atoms with Gasteiger partial charge in [0.2, 0.25) is 0 Å². The van der Waals surface area contributed by atoms with Crippen molar-refractivity contribution in [2.45, 2.75) is 65.6 Å². The summed E-state index contributed by atoms with van der Waals surface area (Å²) in [6, 6.07) is 2.51. The highest BCUT2D eigenvalue weighted by molar-refractivity contribution is 5.13. The van der Waals surface area contributed by atoms with Gasteiger partial charge < -0.3 is 10.1 Å². The molecule has 0 radical (unpaired) electrons. The molecule has 1 heterocycles. The van der Waals surface area contributed by atoms with Crippen molar-refractivity contribution in [3.63, 3.8) is 0 Å². The highest BCUT2D eigenvalue weighted by Crippen LogP contribution is 2.19. The summed E-state index contributed by atoms with van der Waals surface area (Å²) in [5.41, 5.74) is 2.27. The zero-order valence-corrected chi connectivity index (χ0v) is 13.3. The van der Waals surface area contributed by atoms with Gasteiger partial charge in [-0.2, -0.15) is 5.10 Å². The minimum absolute atomic E-state index is 0.189.